The number of sulfone groups is 1. The molecule has 0 spiro atoms. The molecule has 7 heteroatoms. The van der Waals surface area contributed by atoms with Crippen molar-refractivity contribution in [3.05, 3.63) is 0 Å². The molecule has 0 bridgehead atoms. The molecule has 0 aliphatic carbocycles. The van der Waals surface area contributed by atoms with Gasteiger partial charge in [-0.15, -0.1) is 10.2 Å². The van der Waals surface area contributed by atoms with Gasteiger partial charge in [-0.3, -0.25) is 0 Å². The van der Waals surface area contributed by atoms with Gasteiger partial charge in [0.2, 0.25) is 14.2 Å². The average Bonchev–Trinajstić information content (AvgIpc) is 2.66. The third-order valence-corrected chi connectivity index (χ3v) is 6.37. The largest absolute Gasteiger partial charge is 0.233 e. The van der Waals surface area contributed by atoms with E-state index in [2.05, 4.69) is 24.0 Å². The summed E-state index contributed by atoms with van der Waals surface area (Å²) in [5, 5.41) is 8.02. The second-order valence-corrected chi connectivity index (χ2v) is 8.19. The molecule has 0 saturated heterocycles. The molecule has 1 aromatic rings. The van der Waals surface area contributed by atoms with Crippen LogP contribution in [-0.4, -0.2) is 29.6 Å². The van der Waals surface area contributed by atoms with Crippen LogP contribution in [0.5, 0.6) is 0 Å². The van der Waals surface area contributed by atoms with E-state index < -0.39 is 9.84 Å². The molecule has 0 aromatic carbocycles. The Balaban J connectivity index is 2.81. The standard InChI is InChI=1S/C8H14N2O2S3/c1-4-6(3)13-7-9-10-8(14-7)15(11,12)5-2/h6H,4-5H2,1-3H3. The summed E-state index contributed by atoms with van der Waals surface area (Å²) in [6.45, 7) is 5.78. The molecule has 86 valence electrons. The molecule has 1 aromatic heterocycles. The van der Waals surface area contributed by atoms with E-state index >= 15 is 0 Å². The number of nitrogens with zero attached hydrogens (tertiary/aromatic N) is 2. The van der Waals surface area contributed by atoms with Crippen LogP contribution in [0.1, 0.15) is 27.2 Å². The maximum absolute atomic E-state index is 11.5. The Kier molecular flexibility index (Phi) is 4.54. The van der Waals surface area contributed by atoms with Gasteiger partial charge in [0.05, 0.1) is 5.75 Å². The molecule has 0 amide bonds. The van der Waals surface area contributed by atoms with Crippen molar-refractivity contribution in [2.45, 2.75) is 41.1 Å². The third-order valence-electron chi connectivity index (χ3n) is 1.91. The highest BCUT2D eigenvalue weighted by Gasteiger charge is 2.18. The van der Waals surface area contributed by atoms with E-state index in [1.54, 1.807) is 18.7 Å². The number of thioether (sulfide) groups is 1. The highest BCUT2D eigenvalue weighted by atomic mass is 32.2. The topological polar surface area (TPSA) is 59.9 Å². The molecule has 0 fully saturated rings. The van der Waals surface area contributed by atoms with E-state index in [1.807, 2.05) is 0 Å². The van der Waals surface area contributed by atoms with Crippen LogP contribution in [0.2, 0.25) is 0 Å². The van der Waals surface area contributed by atoms with Gasteiger partial charge < -0.3 is 0 Å². The molecule has 0 aliphatic rings. The lowest BCUT2D eigenvalue weighted by molar-refractivity contribution is 0.595. The first kappa shape index (κ1) is 12.9. The molecular formula is C8H14N2O2S3. The maximum Gasteiger partial charge on any atom is 0.233 e. The third kappa shape index (κ3) is 3.42. The fourth-order valence-electron chi connectivity index (χ4n) is 0.749. The molecule has 1 rings (SSSR count). The lowest BCUT2D eigenvalue weighted by Crippen LogP contribution is -2.02. The van der Waals surface area contributed by atoms with Gasteiger partial charge in [0.1, 0.15) is 0 Å². The second-order valence-electron chi connectivity index (χ2n) is 3.07. The van der Waals surface area contributed by atoms with Gasteiger partial charge >= 0.3 is 0 Å². The summed E-state index contributed by atoms with van der Waals surface area (Å²) in [6.07, 6.45) is 1.03. The lowest BCUT2D eigenvalue weighted by Gasteiger charge is -2.02. The first-order chi connectivity index (χ1) is 6.99. The molecule has 0 N–H and O–H groups in total. The Morgan fingerprint density at radius 3 is 2.60 bits per heavy atom. The highest BCUT2D eigenvalue weighted by molar-refractivity contribution is 8.02. The average molecular weight is 266 g/mol. The maximum atomic E-state index is 11.5. The van der Waals surface area contributed by atoms with Gasteiger partial charge in [0, 0.05) is 5.25 Å². The smallest absolute Gasteiger partial charge is 0.221 e. The van der Waals surface area contributed by atoms with Crippen LogP contribution in [-0.2, 0) is 9.84 Å². The van der Waals surface area contributed by atoms with Crippen molar-refractivity contribution in [3.8, 4) is 0 Å². The first-order valence-electron chi connectivity index (χ1n) is 4.72. The van der Waals surface area contributed by atoms with Crippen molar-refractivity contribution in [3.63, 3.8) is 0 Å². The Labute approximate surface area is 98.4 Å². The monoisotopic (exact) mass is 266 g/mol. The Bertz CT molecular complexity index is 413. The molecule has 0 radical (unpaired) electrons. The minimum absolute atomic E-state index is 0.0790. The van der Waals surface area contributed by atoms with E-state index in [-0.39, 0.29) is 10.1 Å². The quantitative estimate of drug-likeness (QED) is 0.765. The van der Waals surface area contributed by atoms with Gasteiger partial charge in [0.15, 0.2) is 4.34 Å². The van der Waals surface area contributed by atoms with E-state index in [4.69, 9.17) is 0 Å². The molecule has 0 aliphatic heterocycles. The van der Waals surface area contributed by atoms with Gasteiger partial charge in [-0.05, 0) is 6.42 Å². The SMILES string of the molecule is CCC(C)Sc1nnc(S(=O)(=O)CC)s1. The summed E-state index contributed by atoms with van der Waals surface area (Å²) >= 11 is 2.73. The minimum atomic E-state index is -3.19. The Hall–Kier alpha value is -0.140. The zero-order chi connectivity index (χ0) is 11.5. The van der Waals surface area contributed by atoms with E-state index in [1.165, 1.54) is 0 Å². The van der Waals surface area contributed by atoms with Gasteiger partial charge in [-0.1, -0.05) is 43.9 Å². The molecule has 1 unspecified atom stereocenters. The summed E-state index contributed by atoms with van der Waals surface area (Å²) in [6, 6.07) is 0. The lowest BCUT2D eigenvalue weighted by atomic mass is 10.4. The van der Waals surface area contributed by atoms with Crippen LogP contribution in [0.15, 0.2) is 8.68 Å². The number of hydrogen-bond acceptors (Lipinski definition) is 6. The van der Waals surface area contributed by atoms with Gasteiger partial charge in [-0.2, -0.15) is 0 Å². The van der Waals surface area contributed by atoms with E-state index in [0.29, 0.717) is 5.25 Å². The number of rotatable bonds is 5. The fourth-order valence-corrected chi connectivity index (χ4v) is 4.25. The van der Waals surface area contributed by atoms with Crippen LogP contribution in [0.4, 0.5) is 0 Å². The predicted octanol–water partition coefficient (Wildman–Crippen LogP) is 2.22. The Morgan fingerprint density at radius 1 is 1.40 bits per heavy atom. The van der Waals surface area contributed by atoms with Crippen molar-refractivity contribution in [2.75, 3.05) is 5.75 Å². The van der Waals surface area contributed by atoms with Crippen LogP contribution in [0.25, 0.3) is 0 Å². The summed E-state index contributed by atoms with van der Waals surface area (Å²) in [5.41, 5.74) is 0. The number of aromatic nitrogens is 2. The van der Waals surface area contributed by atoms with Crippen LogP contribution < -0.4 is 0 Å². The summed E-state index contributed by atoms with van der Waals surface area (Å²) in [4.78, 5) is 0. The van der Waals surface area contributed by atoms with Crippen LogP contribution in [0, 0.1) is 0 Å². The first-order valence-corrected chi connectivity index (χ1v) is 8.07. The van der Waals surface area contributed by atoms with Gasteiger partial charge in [-0.25, -0.2) is 8.42 Å². The predicted molar refractivity (Wildman–Crippen MR) is 63.2 cm³/mol. The molecule has 15 heavy (non-hydrogen) atoms. The van der Waals surface area contributed by atoms with Gasteiger partial charge in [0.25, 0.3) is 0 Å². The summed E-state index contributed by atoms with van der Waals surface area (Å²) < 4.78 is 23.8. The van der Waals surface area contributed by atoms with E-state index in [9.17, 15) is 8.42 Å². The highest BCUT2D eigenvalue weighted by Crippen LogP contribution is 2.29. The fraction of sp³-hybridized carbons (Fsp3) is 0.750. The zero-order valence-corrected chi connectivity index (χ0v) is 11.4. The van der Waals surface area contributed by atoms with Crippen LogP contribution in [0.3, 0.4) is 0 Å². The van der Waals surface area contributed by atoms with Crippen molar-refractivity contribution in [2.24, 2.45) is 0 Å². The molecule has 1 heterocycles. The van der Waals surface area contributed by atoms with E-state index in [0.717, 1.165) is 22.1 Å². The van der Waals surface area contributed by atoms with Crippen molar-refractivity contribution < 1.29 is 8.42 Å². The van der Waals surface area contributed by atoms with Crippen molar-refractivity contribution in [1.82, 2.24) is 10.2 Å². The molecular weight excluding hydrogens is 252 g/mol. The summed E-state index contributed by atoms with van der Waals surface area (Å²) in [7, 11) is -3.19. The van der Waals surface area contributed by atoms with Crippen molar-refractivity contribution >= 4 is 32.9 Å². The molecule has 4 nitrogen and oxygen atoms in total. The minimum Gasteiger partial charge on any atom is -0.221 e. The Morgan fingerprint density at radius 2 is 2.07 bits per heavy atom. The summed E-state index contributed by atoms with van der Waals surface area (Å²) in [5.74, 6) is 0.0790. The molecule has 1 atom stereocenters. The zero-order valence-electron chi connectivity index (χ0n) is 8.93. The van der Waals surface area contributed by atoms with Crippen LogP contribution >= 0.6 is 23.1 Å². The normalized spacial score (nSPS) is 14.1. The van der Waals surface area contributed by atoms with Crippen molar-refractivity contribution in [1.29, 1.82) is 0 Å². The second kappa shape index (κ2) is 5.27. The molecule has 0 saturated carbocycles. The number of hydrogen-bond donors (Lipinski definition) is 0.